The second kappa shape index (κ2) is 6.52. The Bertz CT molecular complexity index is 827. The summed E-state index contributed by atoms with van der Waals surface area (Å²) < 4.78 is 10.6. The van der Waals surface area contributed by atoms with Crippen molar-refractivity contribution in [3.8, 4) is 23.3 Å². The Morgan fingerprint density at radius 2 is 2.25 bits per heavy atom. The van der Waals surface area contributed by atoms with Crippen molar-refractivity contribution in [1.29, 1.82) is 5.26 Å². The van der Waals surface area contributed by atoms with E-state index in [0.717, 1.165) is 0 Å². The van der Waals surface area contributed by atoms with Crippen molar-refractivity contribution in [3.05, 3.63) is 35.4 Å². The van der Waals surface area contributed by atoms with Gasteiger partial charge in [-0.3, -0.25) is 0 Å². The minimum Gasteiger partial charge on any atom is -0.477 e. The molecule has 0 radical (unpaired) electrons. The van der Waals surface area contributed by atoms with Crippen LogP contribution in [-0.2, 0) is 4.74 Å². The zero-order chi connectivity index (χ0) is 17.1. The number of nitriles is 1. The molecule has 8 heteroatoms. The van der Waals surface area contributed by atoms with E-state index in [1.165, 1.54) is 0 Å². The molecule has 0 aliphatic carbocycles. The molecular weight excluding hydrogens is 312 g/mol. The van der Waals surface area contributed by atoms with Crippen molar-refractivity contribution in [3.63, 3.8) is 0 Å². The van der Waals surface area contributed by atoms with Gasteiger partial charge in [-0.2, -0.15) is 10.2 Å². The minimum absolute atomic E-state index is 0.0840. The number of hydrogen-bond donors (Lipinski definition) is 2. The summed E-state index contributed by atoms with van der Waals surface area (Å²) in [5, 5.41) is 18.3. The molecule has 1 aliphatic heterocycles. The molecule has 0 spiro atoms. The van der Waals surface area contributed by atoms with E-state index < -0.39 is 5.97 Å². The SMILES string of the molecule is N#Cc1cccc(-c2nc(N)c(C(=O)O)c(OCC3COC3)n2)c1. The third-order valence-electron chi connectivity index (χ3n) is 3.53. The first kappa shape index (κ1) is 15.7. The van der Waals surface area contributed by atoms with Crippen LogP contribution in [0.5, 0.6) is 5.88 Å². The lowest BCUT2D eigenvalue weighted by Crippen LogP contribution is -2.33. The number of nitrogen functional groups attached to an aromatic ring is 1. The minimum atomic E-state index is -1.26. The molecule has 3 N–H and O–H groups in total. The second-order valence-corrected chi connectivity index (χ2v) is 5.32. The molecule has 122 valence electrons. The summed E-state index contributed by atoms with van der Waals surface area (Å²) in [7, 11) is 0. The average molecular weight is 326 g/mol. The third kappa shape index (κ3) is 3.11. The first-order valence-electron chi connectivity index (χ1n) is 7.20. The maximum absolute atomic E-state index is 11.4. The number of carbonyl (C=O) groups is 1. The number of rotatable bonds is 5. The molecule has 2 heterocycles. The van der Waals surface area contributed by atoms with Crippen molar-refractivity contribution < 1.29 is 19.4 Å². The average Bonchev–Trinajstić information content (AvgIpc) is 2.52. The van der Waals surface area contributed by atoms with Crippen molar-refractivity contribution in [2.45, 2.75) is 0 Å². The van der Waals surface area contributed by atoms with Gasteiger partial charge in [0.05, 0.1) is 31.5 Å². The van der Waals surface area contributed by atoms with E-state index in [9.17, 15) is 9.90 Å². The van der Waals surface area contributed by atoms with Crippen LogP contribution in [0.2, 0.25) is 0 Å². The normalized spacial score (nSPS) is 13.8. The Hall–Kier alpha value is -3.18. The van der Waals surface area contributed by atoms with Crippen LogP contribution in [0.1, 0.15) is 15.9 Å². The smallest absolute Gasteiger partial charge is 0.345 e. The van der Waals surface area contributed by atoms with Gasteiger partial charge in [-0.15, -0.1) is 0 Å². The van der Waals surface area contributed by atoms with Crippen LogP contribution in [0, 0.1) is 17.2 Å². The molecule has 3 rings (SSSR count). The van der Waals surface area contributed by atoms with E-state index in [4.69, 9.17) is 20.5 Å². The molecule has 1 aliphatic rings. The molecule has 0 atom stereocenters. The maximum Gasteiger partial charge on any atom is 0.345 e. The fourth-order valence-corrected chi connectivity index (χ4v) is 2.20. The van der Waals surface area contributed by atoms with Crippen LogP contribution in [0.4, 0.5) is 5.82 Å². The van der Waals surface area contributed by atoms with Crippen molar-refractivity contribution >= 4 is 11.8 Å². The fourth-order valence-electron chi connectivity index (χ4n) is 2.20. The molecule has 1 saturated heterocycles. The summed E-state index contributed by atoms with van der Waals surface area (Å²) in [5.41, 5.74) is 6.50. The lowest BCUT2D eigenvalue weighted by atomic mass is 10.1. The fraction of sp³-hybridized carbons (Fsp3) is 0.250. The number of anilines is 1. The number of carboxylic acids is 1. The number of carboxylic acid groups (broad SMARTS) is 1. The number of hydrogen-bond acceptors (Lipinski definition) is 7. The Balaban J connectivity index is 1.99. The van der Waals surface area contributed by atoms with E-state index in [1.807, 2.05) is 6.07 Å². The molecule has 2 aromatic rings. The van der Waals surface area contributed by atoms with E-state index in [-0.39, 0.29) is 35.6 Å². The molecule has 0 unspecified atom stereocenters. The lowest BCUT2D eigenvalue weighted by Gasteiger charge is -2.25. The third-order valence-corrected chi connectivity index (χ3v) is 3.53. The number of nitrogens with zero attached hydrogens (tertiary/aromatic N) is 3. The van der Waals surface area contributed by atoms with E-state index in [0.29, 0.717) is 24.3 Å². The van der Waals surface area contributed by atoms with Gasteiger partial charge in [0.2, 0.25) is 5.88 Å². The number of benzene rings is 1. The lowest BCUT2D eigenvalue weighted by molar-refractivity contribution is -0.0515. The molecule has 1 aromatic carbocycles. The molecule has 8 nitrogen and oxygen atoms in total. The van der Waals surface area contributed by atoms with Gasteiger partial charge in [-0.25, -0.2) is 9.78 Å². The standard InChI is InChI=1S/C16H14N4O4/c17-5-9-2-1-3-11(4-9)14-19-13(18)12(16(21)22)15(20-14)24-8-10-6-23-7-10/h1-4,10H,6-8H2,(H,21,22)(H2,18,19,20). The van der Waals surface area contributed by atoms with Gasteiger partial charge in [0, 0.05) is 11.5 Å². The van der Waals surface area contributed by atoms with Gasteiger partial charge in [-0.1, -0.05) is 12.1 Å². The highest BCUT2D eigenvalue weighted by Gasteiger charge is 2.24. The summed E-state index contributed by atoms with van der Waals surface area (Å²) in [6.07, 6.45) is 0. The summed E-state index contributed by atoms with van der Waals surface area (Å²) >= 11 is 0. The van der Waals surface area contributed by atoms with Gasteiger partial charge in [0.15, 0.2) is 11.4 Å². The monoisotopic (exact) mass is 326 g/mol. The summed E-state index contributed by atoms with van der Waals surface area (Å²) in [6, 6.07) is 8.66. The first-order valence-corrected chi connectivity index (χ1v) is 7.20. The Morgan fingerprint density at radius 1 is 1.46 bits per heavy atom. The summed E-state index contributed by atoms with van der Waals surface area (Å²) in [4.78, 5) is 19.6. The Kier molecular flexibility index (Phi) is 4.26. The van der Waals surface area contributed by atoms with Gasteiger partial charge >= 0.3 is 5.97 Å². The van der Waals surface area contributed by atoms with Crippen LogP contribution in [0.15, 0.2) is 24.3 Å². The Morgan fingerprint density at radius 3 is 2.88 bits per heavy atom. The van der Waals surface area contributed by atoms with Crippen molar-refractivity contribution in [2.75, 3.05) is 25.6 Å². The molecule has 0 amide bonds. The molecule has 0 bridgehead atoms. The highest BCUT2D eigenvalue weighted by atomic mass is 16.5. The first-order chi connectivity index (χ1) is 11.6. The predicted octanol–water partition coefficient (Wildman–Crippen LogP) is 1.32. The van der Waals surface area contributed by atoms with Gasteiger partial charge in [0.1, 0.15) is 5.82 Å². The maximum atomic E-state index is 11.4. The van der Waals surface area contributed by atoms with Gasteiger partial charge in [-0.05, 0) is 12.1 Å². The zero-order valence-electron chi connectivity index (χ0n) is 12.6. The molecule has 1 aromatic heterocycles. The predicted molar refractivity (Wildman–Crippen MR) is 83.4 cm³/mol. The quantitative estimate of drug-likeness (QED) is 0.841. The number of aromatic nitrogens is 2. The van der Waals surface area contributed by atoms with E-state index in [1.54, 1.807) is 24.3 Å². The number of ether oxygens (including phenoxy) is 2. The van der Waals surface area contributed by atoms with Crippen molar-refractivity contribution in [1.82, 2.24) is 9.97 Å². The van der Waals surface area contributed by atoms with Crippen LogP contribution in [0.3, 0.4) is 0 Å². The molecular formula is C16H14N4O4. The van der Waals surface area contributed by atoms with Crippen molar-refractivity contribution in [2.24, 2.45) is 5.92 Å². The Labute approximate surface area is 137 Å². The highest BCUT2D eigenvalue weighted by Crippen LogP contribution is 2.27. The van der Waals surface area contributed by atoms with Crippen LogP contribution in [-0.4, -0.2) is 40.9 Å². The van der Waals surface area contributed by atoms with Gasteiger partial charge in [0.25, 0.3) is 0 Å². The van der Waals surface area contributed by atoms with E-state index >= 15 is 0 Å². The number of nitrogens with two attached hydrogens (primary N) is 1. The number of aromatic carboxylic acids is 1. The molecule has 1 fully saturated rings. The molecule has 24 heavy (non-hydrogen) atoms. The summed E-state index contributed by atoms with van der Waals surface area (Å²) in [6.45, 7) is 1.43. The molecule has 0 saturated carbocycles. The summed E-state index contributed by atoms with van der Waals surface area (Å²) in [5.74, 6) is -1.12. The largest absolute Gasteiger partial charge is 0.477 e. The topological polar surface area (TPSA) is 131 Å². The highest BCUT2D eigenvalue weighted by molar-refractivity contribution is 5.95. The van der Waals surface area contributed by atoms with Crippen LogP contribution in [0.25, 0.3) is 11.4 Å². The zero-order valence-corrected chi connectivity index (χ0v) is 12.6. The van der Waals surface area contributed by atoms with Crippen LogP contribution < -0.4 is 10.5 Å². The van der Waals surface area contributed by atoms with E-state index in [2.05, 4.69) is 9.97 Å². The second-order valence-electron chi connectivity index (χ2n) is 5.32. The van der Waals surface area contributed by atoms with Crippen LogP contribution >= 0.6 is 0 Å². The van der Waals surface area contributed by atoms with Gasteiger partial charge < -0.3 is 20.3 Å².